The van der Waals surface area contributed by atoms with Crippen LogP contribution in [0.4, 0.5) is 13.2 Å². The predicted octanol–water partition coefficient (Wildman–Crippen LogP) is 3.84. The Morgan fingerprint density at radius 1 is 1.21 bits per heavy atom. The Labute approximate surface area is 109 Å². The van der Waals surface area contributed by atoms with E-state index in [9.17, 15) is 13.2 Å². The second-order valence-electron chi connectivity index (χ2n) is 4.41. The molecule has 1 heterocycles. The van der Waals surface area contributed by atoms with Gasteiger partial charge in [-0.15, -0.1) is 0 Å². The van der Waals surface area contributed by atoms with Gasteiger partial charge >= 0.3 is 6.18 Å². The molecule has 0 aliphatic heterocycles. The Morgan fingerprint density at radius 2 is 1.95 bits per heavy atom. The summed E-state index contributed by atoms with van der Waals surface area (Å²) < 4.78 is 37.0. The van der Waals surface area contributed by atoms with Crippen LogP contribution in [0.15, 0.2) is 36.5 Å². The first-order chi connectivity index (χ1) is 9.01. The maximum absolute atomic E-state index is 12.3. The van der Waals surface area contributed by atoms with Crippen LogP contribution in [0.2, 0.25) is 0 Å². The first kappa shape index (κ1) is 13.8. The first-order valence-corrected chi connectivity index (χ1v) is 6.09. The molecule has 0 amide bonds. The quantitative estimate of drug-likeness (QED) is 0.911. The molecular weight excluding hydrogens is 253 g/mol. The summed E-state index contributed by atoms with van der Waals surface area (Å²) >= 11 is 0. The molecule has 1 aromatic carbocycles. The molecule has 2 rings (SSSR count). The maximum Gasteiger partial charge on any atom is 0.389 e. The molecule has 0 bridgehead atoms. The number of aromatic nitrogens is 1. The highest BCUT2D eigenvalue weighted by Gasteiger charge is 2.28. The van der Waals surface area contributed by atoms with E-state index in [1.165, 1.54) is 0 Å². The van der Waals surface area contributed by atoms with Gasteiger partial charge in [0.1, 0.15) is 0 Å². The zero-order valence-corrected chi connectivity index (χ0v) is 10.5. The highest BCUT2D eigenvalue weighted by molar-refractivity contribution is 5.82. The number of fused-ring (bicyclic) bond motifs is 1. The summed E-state index contributed by atoms with van der Waals surface area (Å²) in [6.45, 7) is 0. The summed E-state index contributed by atoms with van der Waals surface area (Å²) in [5.74, 6) is 0. The summed E-state index contributed by atoms with van der Waals surface area (Å²) in [7, 11) is 1.68. The Hall–Kier alpha value is -1.62. The lowest BCUT2D eigenvalue weighted by molar-refractivity contribution is -0.136. The van der Waals surface area contributed by atoms with Crippen molar-refractivity contribution in [2.45, 2.75) is 25.1 Å². The summed E-state index contributed by atoms with van der Waals surface area (Å²) in [4.78, 5) is 4.22. The standard InChI is InChI=1S/C14H15F3N2/c1-18-12(6-8-14(15,16)17)11-7-9-19-13-5-3-2-4-10(11)13/h2-5,7,9,12,18H,6,8H2,1H3. The van der Waals surface area contributed by atoms with Crippen LogP contribution in [0.3, 0.4) is 0 Å². The summed E-state index contributed by atoms with van der Waals surface area (Å²) in [5, 5.41) is 3.85. The number of halogens is 3. The van der Waals surface area contributed by atoms with Crippen LogP contribution < -0.4 is 5.32 Å². The third-order valence-corrected chi connectivity index (χ3v) is 3.12. The molecule has 102 valence electrons. The topological polar surface area (TPSA) is 24.9 Å². The predicted molar refractivity (Wildman–Crippen MR) is 68.8 cm³/mol. The SMILES string of the molecule is CNC(CCC(F)(F)F)c1ccnc2ccccc12. The van der Waals surface area contributed by atoms with Crippen LogP contribution in [-0.4, -0.2) is 18.2 Å². The molecule has 0 aliphatic rings. The Bertz CT molecular complexity index is 546. The van der Waals surface area contributed by atoms with Gasteiger partial charge in [0.2, 0.25) is 0 Å². The largest absolute Gasteiger partial charge is 0.389 e. The zero-order chi connectivity index (χ0) is 13.9. The number of hydrogen-bond donors (Lipinski definition) is 1. The van der Waals surface area contributed by atoms with Crippen molar-refractivity contribution in [3.8, 4) is 0 Å². The average molecular weight is 268 g/mol. The number of rotatable bonds is 4. The zero-order valence-electron chi connectivity index (χ0n) is 10.5. The fraction of sp³-hybridized carbons (Fsp3) is 0.357. The van der Waals surface area contributed by atoms with Gasteiger partial charge in [-0.1, -0.05) is 18.2 Å². The molecule has 2 nitrogen and oxygen atoms in total. The molecule has 0 radical (unpaired) electrons. The summed E-state index contributed by atoms with van der Waals surface area (Å²) in [6, 6.07) is 8.92. The lowest BCUT2D eigenvalue weighted by atomic mass is 9.98. The van der Waals surface area contributed by atoms with E-state index >= 15 is 0 Å². The second kappa shape index (κ2) is 5.57. The third-order valence-electron chi connectivity index (χ3n) is 3.12. The number of alkyl halides is 3. The van der Waals surface area contributed by atoms with E-state index in [1.807, 2.05) is 24.3 Å². The van der Waals surface area contributed by atoms with E-state index in [4.69, 9.17) is 0 Å². The van der Waals surface area contributed by atoms with Crippen molar-refractivity contribution >= 4 is 10.9 Å². The minimum atomic E-state index is -4.13. The fourth-order valence-electron chi connectivity index (χ4n) is 2.19. The van der Waals surface area contributed by atoms with Crippen LogP contribution >= 0.6 is 0 Å². The molecule has 2 aromatic rings. The van der Waals surface area contributed by atoms with Crippen molar-refractivity contribution in [1.29, 1.82) is 0 Å². The smallest absolute Gasteiger partial charge is 0.313 e. The van der Waals surface area contributed by atoms with Crippen LogP contribution in [0.5, 0.6) is 0 Å². The molecule has 1 aromatic heterocycles. The minimum absolute atomic E-state index is 0.0218. The highest BCUT2D eigenvalue weighted by atomic mass is 19.4. The van der Waals surface area contributed by atoms with E-state index in [0.29, 0.717) is 0 Å². The molecule has 0 saturated heterocycles. The van der Waals surface area contributed by atoms with Gasteiger partial charge in [-0.25, -0.2) is 0 Å². The van der Waals surface area contributed by atoms with Crippen molar-refractivity contribution in [2.75, 3.05) is 7.05 Å². The summed E-state index contributed by atoms with van der Waals surface area (Å²) in [5.41, 5.74) is 1.66. The van der Waals surface area contributed by atoms with E-state index in [2.05, 4.69) is 10.3 Å². The number of para-hydroxylation sites is 1. The molecule has 1 atom stereocenters. The second-order valence-corrected chi connectivity index (χ2v) is 4.41. The monoisotopic (exact) mass is 268 g/mol. The van der Waals surface area contributed by atoms with Crippen LogP contribution in [0, 0.1) is 0 Å². The van der Waals surface area contributed by atoms with Crippen LogP contribution in [-0.2, 0) is 0 Å². The van der Waals surface area contributed by atoms with E-state index in [0.717, 1.165) is 16.5 Å². The van der Waals surface area contributed by atoms with Gasteiger partial charge in [0.15, 0.2) is 0 Å². The van der Waals surface area contributed by atoms with Crippen LogP contribution in [0.1, 0.15) is 24.4 Å². The third kappa shape index (κ3) is 3.44. The van der Waals surface area contributed by atoms with E-state index < -0.39 is 12.6 Å². The number of pyridine rings is 1. The average Bonchev–Trinajstić information content (AvgIpc) is 2.38. The maximum atomic E-state index is 12.3. The normalized spacial score (nSPS) is 13.7. The van der Waals surface area contributed by atoms with Crippen molar-refractivity contribution < 1.29 is 13.2 Å². The minimum Gasteiger partial charge on any atom is -0.313 e. The van der Waals surface area contributed by atoms with Crippen LogP contribution in [0.25, 0.3) is 10.9 Å². The van der Waals surface area contributed by atoms with E-state index in [1.54, 1.807) is 19.3 Å². The first-order valence-electron chi connectivity index (χ1n) is 6.09. The molecule has 1 unspecified atom stereocenters. The van der Waals surface area contributed by atoms with Crippen molar-refractivity contribution in [1.82, 2.24) is 10.3 Å². The molecule has 0 spiro atoms. The number of nitrogens with zero attached hydrogens (tertiary/aromatic N) is 1. The molecular formula is C14H15F3N2. The van der Waals surface area contributed by atoms with Gasteiger partial charge in [-0.2, -0.15) is 13.2 Å². The van der Waals surface area contributed by atoms with Crippen molar-refractivity contribution in [3.63, 3.8) is 0 Å². The molecule has 0 saturated carbocycles. The van der Waals surface area contributed by atoms with Gasteiger partial charge in [0, 0.05) is 24.0 Å². The number of nitrogens with one attached hydrogen (secondary N) is 1. The Morgan fingerprint density at radius 3 is 2.63 bits per heavy atom. The highest BCUT2D eigenvalue weighted by Crippen LogP contribution is 2.30. The van der Waals surface area contributed by atoms with Gasteiger partial charge in [-0.3, -0.25) is 4.98 Å². The Balaban J connectivity index is 2.30. The lowest BCUT2D eigenvalue weighted by Gasteiger charge is -2.19. The van der Waals surface area contributed by atoms with Gasteiger partial charge < -0.3 is 5.32 Å². The molecule has 5 heteroatoms. The number of benzene rings is 1. The van der Waals surface area contributed by atoms with Crippen molar-refractivity contribution in [3.05, 3.63) is 42.1 Å². The lowest BCUT2D eigenvalue weighted by Crippen LogP contribution is -2.20. The molecule has 0 aliphatic carbocycles. The molecule has 0 fully saturated rings. The van der Waals surface area contributed by atoms with Gasteiger partial charge in [0.05, 0.1) is 5.52 Å². The fourth-order valence-corrected chi connectivity index (χ4v) is 2.19. The van der Waals surface area contributed by atoms with Gasteiger partial charge in [0.25, 0.3) is 0 Å². The Kier molecular flexibility index (Phi) is 4.04. The molecule has 19 heavy (non-hydrogen) atoms. The summed E-state index contributed by atoms with van der Waals surface area (Å²) in [6.07, 6.45) is -3.27. The number of hydrogen-bond acceptors (Lipinski definition) is 2. The van der Waals surface area contributed by atoms with Crippen molar-refractivity contribution in [2.24, 2.45) is 0 Å². The molecule has 1 N–H and O–H groups in total. The van der Waals surface area contributed by atoms with E-state index in [-0.39, 0.29) is 12.5 Å². The van der Waals surface area contributed by atoms with Gasteiger partial charge in [-0.05, 0) is 31.2 Å².